The highest BCUT2D eigenvalue weighted by atomic mass is 32.1. The minimum atomic E-state index is -0.353. The molecule has 3 nitrogen and oxygen atoms in total. The number of nitrogens with zero attached hydrogens (tertiary/aromatic N) is 2. The lowest BCUT2D eigenvalue weighted by molar-refractivity contribution is 0.542. The number of benzene rings is 1. The second-order valence-corrected chi connectivity index (χ2v) is 5.24. The highest BCUT2D eigenvalue weighted by Crippen LogP contribution is 2.18. The van der Waals surface area contributed by atoms with Crippen molar-refractivity contribution in [2.45, 2.75) is 26.4 Å². The van der Waals surface area contributed by atoms with E-state index in [1.807, 2.05) is 25.3 Å². The lowest BCUT2D eigenvalue weighted by Gasteiger charge is -2.11. The summed E-state index contributed by atoms with van der Waals surface area (Å²) in [4.78, 5) is 4.39. The van der Waals surface area contributed by atoms with Crippen LogP contribution in [0.1, 0.15) is 34.8 Å². The molecule has 1 atom stereocenters. The third kappa shape index (κ3) is 3.37. The van der Waals surface area contributed by atoms with E-state index in [1.54, 1.807) is 23.5 Å². The van der Waals surface area contributed by atoms with E-state index in [1.165, 1.54) is 6.07 Å². The van der Waals surface area contributed by atoms with Gasteiger partial charge in [0.05, 0.1) is 17.7 Å². The molecule has 0 fully saturated rings. The molecule has 0 saturated carbocycles. The number of nitrogens with one attached hydrogen (secondary N) is 1. The first-order chi connectivity index (χ1) is 9.10. The predicted molar refractivity (Wildman–Crippen MR) is 73.2 cm³/mol. The SMILES string of the molecule is Cc1csc(C(C)NCc2ccc(C#N)cc2F)n1. The van der Waals surface area contributed by atoms with Gasteiger partial charge in [-0.05, 0) is 26.0 Å². The number of nitriles is 1. The third-order valence-electron chi connectivity index (χ3n) is 2.79. The first kappa shape index (κ1) is 13.7. The van der Waals surface area contributed by atoms with E-state index >= 15 is 0 Å². The van der Waals surface area contributed by atoms with E-state index in [0.717, 1.165) is 10.7 Å². The highest BCUT2D eigenvalue weighted by Gasteiger charge is 2.10. The fourth-order valence-electron chi connectivity index (χ4n) is 1.68. The highest BCUT2D eigenvalue weighted by molar-refractivity contribution is 7.09. The van der Waals surface area contributed by atoms with Gasteiger partial charge in [0.2, 0.25) is 0 Å². The Hall–Kier alpha value is -1.77. The molecule has 1 heterocycles. The van der Waals surface area contributed by atoms with Gasteiger partial charge >= 0.3 is 0 Å². The third-order valence-corrected chi connectivity index (χ3v) is 3.93. The average molecular weight is 275 g/mol. The van der Waals surface area contributed by atoms with Crippen LogP contribution in [0.15, 0.2) is 23.6 Å². The standard InChI is InChI=1S/C14H14FN3S/c1-9-8-19-14(18-9)10(2)17-7-12-4-3-11(6-16)5-13(12)15/h3-5,8,10,17H,7H2,1-2H3. The van der Waals surface area contributed by atoms with Gasteiger partial charge in [-0.15, -0.1) is 11.3 Å². The Morgan fingerprint density at radius 3 is 2.89 bits per heavy atom. The van der Waals surface area contributed by atoms with Crippen molar-refractivity contribution in [1.29, 1.82) is 5.26 Å². The first-order valence-electron chi connectivity index (χ1n) is 5.94. The molecular formula is C14H14FN3S. The Morgan fingerprint density at radius 2 is 2.32 bits per heavy atom. The molecule has 1 aromatic carbocycles. The van der Waals surface area contributed by atoms with E-state index in [-0.39, 0.29) is 11.9 Å². The Bertz CT molecular complexity index is 615. The van der Waals surface area contributed by atoms with Crippen molar-refractivity contribution < 1.29 is 4.39 Å². The second-order valence-electron chi connectivity index (χ2n) is 4.35. The summed E-state index contributed by atoms with van der Waals surface area (Å²) in [5, 5.41) is 14.9. The van der Waals surface area contributed by atoms with E-state index in [4.69, 9.17) is 5.26 Å². The number of aromatic nitrogens is 1. The molecule has 2 rings (SSSR count). The zero-order valence-corrected chi connectivity index (χ0v) is 11.6. The van der Waals surface area contributed by atoms with Gasteiger partial charge in [0, 0.05) is 23.2 Å². The summed E-state index contributed by atoms with van der Waals surface area (Å²) in [6.45, 7) is 4.37. The molecule has 19 heavy (non-hydrogen) atoms. The van der Waals surface area contributed by atoms with Crippen LogP contribution in [-0.4, -0.2) is 4.98 Å². The molecule has 0 bridgehead atoms. The molecule has 2 aromatic rings. The van der Waals surface area contributed by atoms with Gasteiger partial charge in [-0.2, -0.15) is 5.26 Å². The van der Waals surface area contributed by atoms with Crippen LogP contribution in [0.2, 0.25) is 0 Å². The Balaban J connectivity index is 2.01. The zero-order valence-electron chi connectivity index (χ0n) is 10.8. The molecule has 98 valence electrons. The Morgan fingerprint density at radius 1 is 1.53 bits per heavy atom. The molecule has 0 radical (unpaired) electrons. The smallest absolute Gasteiger partial charge is 0.129 e. The summed E-state index contributed by atoms with van der Waals surface area (Å²) < 4.78 is 13.7. The van der Waals surface area contributed by atoms with Crippen molar-refractivity contribution in [1.82, 2.24) is 10.3 Å². The van der Waals surface area contributed by atoms with Gasteiger partial charge in [0.1, 0.15) is 10.8 Å². The number of hydrogen-bond acceptors (Lipinski definition) is 4. The van der Waals surface area contributed by atoms with Gasteiger partial charge in [-0.3, -0.25) is 0 Å². The quantitative estimate of drug-likeness (QED) is 0.931. The summed E-state index contributed by atoms with van der Waals surface area (Å²) in [6, 6.07) is 6.52. The number of aryl methyl sites for hydroxylation is 1. The topological polar surface area (TPSA) is 48.7 Å². The van der Waals surface area contributed by atoms with Crippen LogP contribution < -0.4 is 5.32 Å². The van der Waals surface area contributed by atoms with Gasteiger partial charge < -0.3 is 5.32 Å². The van der Waals surface area contributed by atoms with Gasteiger partial charge in [-0.1, -0.05) is 6.07 Å². The van der Waals surface area contributed by atoms with Crippen LogP contribution in [-0.2, 0) is 6.54 Å². The van der Waals surface area contributed by atoms with Crippen LogP contribution >= 0.6 is 11.3 Å². The van der Waals surface area contributed by atoms with Crippen LogP contribution in [0, 0.1) is 24.1 Å². The van der Waals surface area contributed by atoms with Crippen molar-refractivity contribution in [2.24, 2.45) is 0 Å². The van der Waals surface area contributed by atoms with Crippen LogP contribution in [0.3, 0.4) is 0 Å². The normalized spacial score (nSPS) is 12.1. The maximum Gasteiger partial charge on any atom is 0.129 e. The lowest BCUT2D eigenvalue weighted by Crippen LogP contribution is -2.18. The molecule has 0 aliphatic rings. The summed E-state index contributed by atoms with van der Waals surface area (Å²) in [5.41, 5.74) is 1.89. The maximum absolute atomic E-state index is 13.7. The summed E-state index contributed by atoms with van der Waals surface area (Å²) >= 11 is 1.59. The van der Waals surface area contributed by atoms with E-state index < -0.39 is 0 Å². The van der Waals surface area contributed by atoms with Crippen LogP contribution in [0.5, 0.6) is 0 Å². The molecule has 0 aliphatic carbocycles. The van der Waals surface area contributed by atoms with Gasteiger partial charge in [-0.25, -0.2) is 9.37 Å². The van der Waals surface area contributed by atoms with E-state index in [2.05, 4.69) is 10.3 Å². The molecule has 1 unspecified atom stereocenters. The molecule has 5 heteroatoms. The Labute approximate surface area is 115 Å². The zero-order chi connectivity index (χ0) is 13.8. The summed E-state index contributed by atoms with van der Waals surface area (Å²) in [5.74, 6) is -0.353. The number of rotatable bonds is 4. The predicted octanol–water partition coefficient (Wildman–Crippen LogP) is 3.31. The van der Waals surface area contributed by atoms with Crippen molar-refractivity contribution in [3.05, 3.63) is 51.2 Å². The Kier molecular flexibility index (Phi) is 4.25. The summed E-state index contributed by atoms with van der Waals surface area (Å²) in [7, 11) is 0. The molecule has 1 N–H and O–H groups in total. The number of thiazole rings is 1. The molecule has 0 amide bonds. The average Bonchev–Trinajstić information content (AvgIpc) is 2.83. The minimum absolute atomic E-state index is 0.0775. The number of hydrogen-bond donors (Lipinski definition) is 1. The molecule has 0 saturated heterocycles. The fraction of sp³-hybridized carbons (Fsp3) is 0.286. The monoisotopic (exact) mass is 275 g/mol. The van der Waals surface area contributed by atoms with E-state index in [0.29, 0.717) is 17.7 Å². The molecular weight excluding hydrogens is 261 g/mol. The summed E-state index contributed by atoms with van der Waals surface area (Å²) in [6.07, 6.45) is 0. The molecule has 1 aromatic heterocycles. The largest absolute Gasteiger partial charge is 0.304 e. The van der Waals surface area contributed by atoms with Crippen LogP contribution in [0.4, 0.5) is 4.39 Å². The van der Waals surface area contributed by atoms with Crippen molar-refractivity contribution in [2.75, 3.05) is 0 Å². The lowest BCUT2D eigenvalue weighted by atomic mass is 10.1. The van der Waals surface area contributed by atoms with Gasteiger partial charge in [0.15, 0.2) is 0 Å². The molecule has 0 aliphatic heterocycles. The van der Waals surface area contributed by atoms with E-state index in [9.17, 15) is 4.39 Å². The first-order valence-corrected chi connectivity index (χ1v) is 6.82. The van der Waals surface area contributed by atoms with Crippen molar-refractivity contribution >= 4 is 11.3 Å². The molecule has 0 spiro atoms. The van der Waals surface area contributed by atoms with Crippen molar-refractivity contribution in [3.63, 3.8) is 0 Å². The second kappa shape index (κ2) is 5.91. The van der Waals surface area contributed by atoms with Crippen molar-refractivity contribution in [3.8, 4) is 6.07 Å². The van der Waals surface area contributed by atoms with Crippen LogP contribution in [0.25, 0.3) is 0 Å². The fourth-order valence-corrected chi connectivity index (χ4v) is 2.51. The number of halogens is 1. The maximum atomic E-state index is 13.7. The minimum Gasteiger partial charge on any atom is -0.304 e. The van der Waals surface area contributed by atoms with Gasteiger partial charge in [0.25, 0.3) is 0 Å².